The molecule has 0 spiro atoms. The Morgan fingerprint density at radius 2 is 2.00 bits per heavy atom. The number of fused-ring (bicyclic) bond motifs is 1. The van der Waals surface area contributed by atoms with E-state index in [0.717, 1.165) is 56.5 Å². The number of H-pyrrole nitrogens is 1. The molecule has 2 fully saturated rings. The zero-order valence-electron chi connectivity index (χ0n) is 16.1. The van der Waals surface area contributed by atoms with Crippen LogP contribution in [0, 0.1) is 0 Å². The maximum Gasteiger partial charge on any atom is 0.326 e. The molecule has 3 N–H and O–H groups in total. The lowest BCUT2D eigenvalue weighted by molar-refractivity contribution is -0.122. The number of primary amides is 1. The van der Waals surface area contributed by atoms with Gasteiger partial charge in [-0.15, -0.1) is 0 Å². The second-order valence-electron chi connectivity index (χ2n) is 8.22. The minimum atomic E-state index is -0.221. The topological polar surface area (TPSA) is 87.4 Å². The average molecular weight is 371 g/mol. The monoisotopic (exact) mass is 371 g/mol. The number of aromatic nitrogens is 2. The Morgan fingerprint density at radius 3 is 2.63 bits per heavy atom. The Morgan fingerprint density at radius 1 is 1.30 bits per heavy atom. The van der Waals surface area contributed by atoms with Crippen LogP contribution in [-0.2, 0) is 4.79 Å². The molecule has 146 valence electrons. The maximum atomic E-state index is 12.5. The van der Waals surface area contributed by atoms with Gasteiger partial charge in [0.1, 0.15) is 0 Å². The quantitative estimate of drug-likeness (QED) is 0.848. The van der Waals surface area contributed by atoms with E-state index >= 15 is 0 Å². The predicted molar refractivity (Wildman–Crippen MR) is 106 cm³/mol. The molecule has 1 aromatic carbocycles. The molecule has 0 bridgehead atoms. The number of para-hydroxylation sites is 2. The second kappa shape index (κ2) is 6.80. The van der Waals surface area contributed by atoms with Crippen molar-refractivity contribution in [2.24, 2.45) is 5.73 Å². The van der Waals surface area contributed by atoms with Gasteiger partial charge < -0.3 is 10.7 Å². The third kappa shape index (κ3) is 3.08. The molecule has 27 heavy (non-hydrogen) atoms. The number of nitrogens with zero attached hydrogens (tertiary/aromatic N) is 3. The Balaban J connectivity index is 1.50. The van der Waals surface area contributed by atoms with Crippen LogP contribution in [0.3, 0.4) is 0 Å². The molecule has 2 atom stereocenters. The fourth-order valence-corrected chi connectivity index (χ4v) is 5.10. The number of hydrogen-bond donors (Lipinski definition) is 2. The van der Waals surface area contributed by atoms with Crippen LogP contribution in [0.5, 0.6) is 0 Å². The van der Waals surface area contributed by atoms with Crippen molar-refractivity contribution in [1.29, 1.82) is 0 Å². The number of nitrogens with two attached hydrogens (primary N) is 1. The van der Waals surface area contributed by atoms with Gasteiger partial charge in [0.05, 0.1) is 17.1 Å². The fraction of sp³-hybridized carbons (Fsp3) is 0.600. The highest BCUT2D eigenvalue weighted by molar-refractivity contribution is 5.80. The summed E-state index contributed by atoms with van der Waals surface area (Å²) in [5.74, 6) is -0.221. The highest BCUT2D eigenvalue weighted by Crippen LogP contribution is 2.36. The number of piperidine rings is 1. The molecule has 2 saturated heterocycles. The number of nitrogens with one attached hydrogen (secondary N) is 1. The summed E-state index contributed by atoms with van der Waals surface area (Å²) in [6.45, 7) is 7.89. The van der Waals surface area contributed by atoms with E-state index in [9.17, 15) is 9.59 Å². The third-order valence-corrected chi connectivity index (χ3v) is 6.57. The molecule has 0 radical (unpaired) electrons. The number of likely N-dealkylation sites (N-methyl/N-ethyl adjacent to an activating group) is 1. The van der Waals surface area contributed by atoms with Crippen LogP contribution >= 0.6 is 0 Å². The van der Waals surface area contributed by atoms with Crippen molar-refractivity contribution in [3.05, 3.63) is 34.7 Å². The summed E-state index contributed by atoms with van der Waals surface area (Å²) in [4.78, 5) is 32.0. The molecule has 2 aromatic rings. The second-order valence-corrected chi connectivity index (χ2v) is 8.22. The van der Waals surface area contributed by atoms with E-state index in [1.807, 2.05) is 28.8 Å². The smallest absolute Gasteiger partial charge is 0.326 e. The molecule has 7 nitrogen and oxygen atoms in total. The molecule has 2 aliphatic heterocycles. The van der Waals surface area contributed by atoms with Gasteiger partial charge in [-0.2, -0.15) is 0 Å². The minimum Gasteiger partial charge on any atom is -0.368 e. The maximum absolute atomic E-state index is 12.5. The van der Waals surface area contributed by atoms with Crippen molar-refractivity contribution in [3.8, 4) is 0 Å². The van der Waals surface area contributed by atoms with Crippen molar-refractivity contribution < 1.29 is 4.79 Å². The lowest BCUT2D eigenvalue weighted by atomic mass is 9.92. The summed E-state index contributed by atoms with van der Waals surface area (Å²) in [6.07, 6.45) is 2.66. The molecule has 2 aliphatic rings. The van der Waals surface area contributed by atoms with Crippen LogP contribution in [0.1, 0.15) is 39.2 Å². The van der Waals surface area contributed by atoms with E-state index in [2.05, 4.69) is 28.6 Å². The van der Waals surface area contributed by atoms with Crippen molar-refractivity contribution in [3.63, 3.8) is 0 Å². The van der Waals surface area contributed by atoms with Crippen LogP contribution in [0.15, 0.2) is 29.1 Å². The van der Waals surface area contributed by atoms with Gasteiger partial charge >= 0.3 is 5.69 Å². The molecule has 0 aliphatic carbocycles. The van der Waals surface area contributed by atoms with Crippen molar-refractivity contribution in [2.75, 3.05) is 26.2 Å². The van der Waals surface area contributed by atoms with Crippen LogP contribution in [-0.4, -0.2) is 63.0 Å². The lowest BCUT2D eigenvalue weighted by Crippen LogP contribution is -2.52. The van der Waals surface area contributed by atoms with Gasteiger partial charge in [0.2, 0.25) is 5.91 Å². The number of carbonyl (C=O) groups excluding carboxylic acids is 1. The van der Waals surface area contributed by atoms with Gasteiger partial charge in [-0.25, -0.2) is 4.79 Å². The summed E-state index contributed by atoms with van der Waals surface area (Å²) in [5.41, 5.74) is 7.46. The number of hydrogen-bond acceptors (Lipinski definition) is 4. The largest absolute Gasteiger partial charge is 0.368 e. The average Bonchev–Trinajstić information content (AvgIpc) is 3.19. The van der Waals surface area contributed by atoms with Crippen LogP contribution < -0.4 is 11.4 Å². The summed E-state index contributed by atoms with van der Waals surface area (Å²) in [5, 5.41) is 0. The van der Waals surface area contributed by atoms with Crippen molar-refractivity contribution in [2.45, 2.75) is 50.7 Å². The molecule has 1 aromatic heterocycles. The highest BCUT2D eigenvalue weighted by atomic mass is 16.2. The Hall–Kier alpha value is -2.12. The van der Waals surface area contributed by atoms with E-state index < -0.39 is 0 Å². The normalized spacial score (nSPS) is 28.1. The van der Waals surface area contributed by atoms with Crippen molar-refractivity contribution in [1.82, 2.24) is 19.4 Å². The molecular formula is C20H29N5O2. The zero-order valence-corrected chi connectivity index (χ0v) is 16.1. The van der Waals surface area contributed by atoms with Crippen molar-refractivity contribution >= 4 is 16.9 Å². The Labute approximate surface area is 159 Å². The molecule has 1 amide bonds. The molecule has 0 saturated carbocycles. The van der Waals surface area contributed by atoms with Gasteiger partial charge in [0, 0.05) is 31.2 Å². The standard InChI is InChI=1S/C20H29N5O2/c1-3-23-13-20(2,12-17(23)18(21)26)24-10-8-14(9-11-24)25-16-7-5-4-6-15(16)22-19(25)27/h4-7,14,17H,3,8-13H2,1-2H3,(H2,21,26)(H,22,27). The zero-order chi connectivity index (χ0) is 19.2. The van der Waals surface area contributed by atoms with Gasteiger partial charge in [0.15, 0.2) is 0 Å². The van der Waals surface area contributed by atoms with Gasteiger partial charge in [-0.3, -0.25) is 19.2 Å². The van der Waals surface area contributed by atoms with Crippen LogP contribution in [0.25, 0.3) is 11.0 Å². The first kappa shape index (κ1) is 18.3. The predicted octanol–water partition coefficient (Wildman–Crippen LogP) is 1.30. The minimum absolute atomic E-state index is 0.0207. The first-order chi connectivity index (χ1) is 12.9. The van der Waals surface area contributed by atoms with Crippen LogP contribution in [0.2, 0.25) is 0 Å². The van der Waals surface area contributed by atoms with Gasteiger partial charge in [-0.1, -0.05) is 19.1 Å². The van der Waals surface area contributed by atoms with Gasteiger partial charge in [-0.05, 0) is 44.9 Å². The fourth-order valence-electron chi connectivity index (χ4n) is 5.10. The molecular weight excluding hydrogens is 342 g/mol. The molecule has 7 heteroatoms. The highest BCUT2D eigenvalue weighted by Gasteiger charge is 2.46. The van der Waals surface area contributed by atoms with Gasteiger partial charge in [0.25, 0.3) is 0 Å². The van der Waals surface area contributed by atoms with Crippen LogP contribution in [0.4, 0.5) is 0 Å². The van der Waals surface area contributed by atoms with E-state index in [1.165, 1.54) is 0 Å². The van der Waals surface area contributed by atoms with E-state index in [0.29, 0.717) is 0 Å². The summed E-state index contributed by atoms with van der Waals surface area (Å²) >= 11 is 0. The Bertz CT molecular complexity index is 895. The van der Waals surface area contributed by atoms with E-state index in [-0.39, 0.29) is 29.2 Å². The first-order valence-corrected chi connectivity index (χ1v) is 9.90. The van der Waals surface area contributed by atoms with E-state index in [1.54, 1.807) is 0 Å². The Kier molecular flexibility index (Phi) is 4.60. The van der Waals surface area contributed by atoms with E-state index in [4.69, 9.17) is 5.73 Å². The number of likely N-dealkylation sites (tertiary alicyclic amines) is 2. The molecule has 2 unspecified atom stereocenters. The molecule has 3 heterocycles. The number of aromatic amines is 1. The number of imidazole rings is 1. The summed E-state index contributed by atoms with van der Waals surface area (Å²) in [7, 11) is 0. The third-order valence-electron chi connectivity index (χ3n) is 6.57. The number of rotatable bonds is 4. The number of amides is 1. The summed E-state index contributed by atoms with van der Waals surface area (Å²) in [6, 6.07) is 7.92. The lowest BCUT2D eigenvalue weighted by Gasteiger charge is -2.43. The first-order valence-electron chi connectivity index (χ1n) is 9.90. The molecule has 4 rings (SSSR count). The number of carbonyl (C=O) groups is 1. The number of benzene rings is 1. The summed E-state index contributed by atoms with van der Waals surface area (Å²) < 4.78 is 1.92. The SMILES string of the molecule is CCN1CC(C)(N2CCC(n3c(=O)[nH]c4ccccc43)CC2)CC1C(N)=O.